The first-order chi connectivity index (χ1) is 8.53. The summed E-state index contributed by atoms with van der Waals surface area (Å²) in [6.45, 7) is 0.655. The Bertz CT molecular complexity index is 513. The third-order valence-electron chi connectivity index (χ3n) is 3.78. The molecule has 1 aromatic rings. The van der Waals surface area contributed by atoms with Gasteiger partial charge in [-0.05, 0) is 26.9 Å². The molecule has 0 bridgehead atoms. The predicted molar refractivity (Wildman–Crippen MR) is 68.9 cm³/mol. The van der Waals surface area contributed by atoms with Gasteiger partial charge in [0.1, 0.15) is 0 Å². The van der Waals surface area contributed by atoms with E-state index < -0.39 is 11.2 Å². The zero-order chi connectivity index (χ0) is 13.2. The molecule has 100 valence electrons. The predicted octanol–water partition coefficient (Wildman–Crippen LogP) is -0.255. The molecule has 0 aromatic carbocycles. The van der Waals surface area contributed by atoms with Crippen molar-refractivity contribution in [2.75, 3.05) is 26.0 Å². The third-order valence-corrected chi connectivity index (χ3v) is 3.78. The van der Waals surface area contributed by atoms with Gasteiger partial charge < -0.3 is 10.2 Å². The van der Waals surface area contributed by atoms with E-state index in [9.17, 15) is 9.59 Å². The molecule has 2 rings (SSSR count). The fraction of sp³-hybridized carbons (Fsp3) is 0.727. The third kappa shape index (κ3) is 2.45. The van der Waals surface area contributed by atoms with Crippen LogP contribution in [-0.4, -0.2) is 46.3 Å². The van der Waals surface area contributed by atoms with Crippen molar-refractivity contribution in [3.05, 3.63) is 20.8 Å². The first-order valence-corrected chi connectivity index (χ1v) is 6.14. The van der Waals surface area contributed by atoms with Crippen molar-refractivity contribution in [2.45, 2.75) is 31.2 Å². The van der Waals surface area contributed by atoms with Crippen LogP contribution in [0.4, 0.5) is 5.82 Å². The Morgan fingerprint density at radius 2 is 2.00 bits per heavy atom. The summed E-state index contributed by atoms with van der Waals surface area (Å²) >= 11 is 0. The van der Waals surface area contributed by atoms with Gasteiger partial charge in [0.05, 0.1) is 0 Å². The van der Waals surface area contributed by atoms with Gasteiger partial charge >= 0.3 is 5.69 Å². The summed E-state index contributed by atoms with van der Waals surface area (Å²) in [6.07, 6.45) is 4.62. The van der Waals surface area contributed by atoms with Gasteiger partial charge in [-0.25, -0.2) is 9.89 Å². The maximum atomic E-state index is 11.5. The summed E-state index contributed by atoms with van der Waals surface area (Å²) in [4.78, 5) is 26.7. The lowest BCUT2D eigenvalue weighted by Gasteiger charge is -2.36. The molecule has 3 N–H and O–H groups in total. The number of nitrogens with zero attached hydrogens (tertiary/aromatic N) is 2. The SMILES string of the molecule is CN(C)C1(CNc2n[nH]c(=O)[nH]c2=O)CCCC1. The molecule has 1 aliphatic rings. The summed E-state index contributed by atoms with van der Waals surface area (Å²) in [5.74, 6) is 0.169. The summed E-state index contributed by atoms with van der Waals surface area (Å²) in [7, 11) is 4.11. The summed E-state index contributed by atoms with van der Waals surface area (Å²) < 4.78 is 0. The van der Waals surface area contributed by atoms with Gasteiger partial charge in [-0.15, -0.1) is 5.10 Å². The monoisotopic (exact) mass is 253 g/mol. The molecule has 0 radical (unpaired) electrons. The Balaban J connectivity index is 2.10. The number of likely N-dealkylation sites (N-methyl/N-ethyl adjacent to an activating group) is 1. The van der Waals surface area contributed by atoms with Crippen LogP contribution < -0.4 is 16.6 Å². The van der Waals surface area contributed by atoms with E-state index >= 15 is 0 Å². The molecule has 0 spiro atoms. The number of hydrogen-bond acceptors (Lipinski definition) is 5. The fourth-order valence-corrected chi connectivity index (χ4v) is 2.53. The van der Waals surface area contributed by atoms with Gasteiger partial charge in [-0.3, -0.25) is 9.78 Å². The lowest BCUT2D eigenvalue weighted by molar-refractivity contribution is 0.172. The number of nitrogens with one attached hydrogen (secondary N) is 3. The summed E-state index contributed by atoms with van der Waals surface area (Å²) in [5.41, 5.74) is -0.996. The second-order valence-electron chi connectivity index (χ2n) is 5.03. The molecule has 0 amide bonds. The molecular weight excluding hydrogens is 234 g/mol. The zero-order valence-corrected chi connectivity index (χ0v) is 10.7. The lowest BCUT2D eigenvalue weighted by atomic mass is 9.96. The molecule has 1 aliphatic carbocycles. The highest BCUT2D eigenvalue weighted by Crippen LogP contribution is 2.33. The van der Waals surface area contributed by atoms with Crippen LogP contribution in [0.3, 0.4) is 0 Å². The number of rotatable bonds is 4. The van der Waals surface area contributed by atoms with Crippen LogP contribution in [0, 0.1) is 0 Å². The van der Waals surface area contributed by atoms with Crippen molar-refractivity contribution in [3.63, 3.8) is 0 Å². The lowest BCUT2D eigenvalue weighted by Crippen LogP contribution is -2.48. The number of anilines is 1. The average Bonchev–Trinajstić information content (AvgIpc) is 2.78. The van der Waals surface area contributed by atoms with Crippen LogP contribution in [0.25, 0.3) is 0 Å². The minimum atomic E-state index is -0.589. The zero-order valence-electron chi connectivity index (χ0n) is 10.7. The molecule has 1 fully saturated rings. The van der Waals surface area contributed by atoms with Crippen LogP contribution in [0.15, 0.2) is 9.59 Å². The van der Waals surface area contributed by atoms with E-state index in [-0.39, 0.29) is 11.4 Å². The van der Waals surface area contributed by atoms with Crippen LogP contribution in [0.1, 0.15) is 25.7 Å². The van der Waals surface area contributed by atoms with E-state index in [1.54, 1.807) is 0 Å². The highest BCUT2D eigenvalue weighted by molar-refractivity contribution is 5.30. The first-order valence-electron chi connectivity index (χ1n) is 6.14. The van der Waals surface area contributed by atoms with Crippen molar-refractivity contribution in [2.24, 2.45) is 0 Å². The maximum absolute atomic E-state index is 11.5. The molecule has 7 nitrogen and oxygen atoms in total. The fourth-order valence-electron chi connectivity index (χ4n) is 2.53. The second kappa shape index (κ2) is 4.93. The van der Waals surface area contributed by atoms with Gasteiger partial charge in [0.15, 0.2) is 0 Å². The molecule has 1 heterocycles. The highest BCUT2D eigenvalue weighted by Gasteiger charge is 2.35. The van der Waals surface area contributed by atoms with E-state index in [4.69, 9.17) is 0 Å². The second-order valence-corrected chi connectivity index (χ2v) is 5.03. The average molecular weight is 253 g/mol. The molecule has 1 aromatic heterocycles. The molecule has 1 saturated carbocycles. The van der Waals surface area contributed by atoms with Crippen molar-refractivity contribution < 1.29 is 0 Å². The minimum absolute atomic E-state index is 0.0737. The molecule has 0 aliphatic heterocycles. The first kappa shape index (κ1) is 12.8. The molecule has 0 saturated heterocycles. The summed E-state index contributed by atoms with van der Waals surface area (Å²) in [6, 6.07) is 0. The Labute approximate surface area is 105 Å². The molecule has 0 unspecified atom stereocenters. The van der Waals surface area contributed by atoms with E-state index in [0.717, 1.165) is 12.8 Å². The van der Waals surface area contributed by atoms with Crippen LogP contribution in [0.5, 0.6) is 0 Å². The van der Waals surface area contributed by atoms with E-state index in [1.165, 1.54) is 12.8 Å². The maximum Gasteiger partial charge on any atom is 0.342 e. The topological polar surface area (TPSA) is 93.9 Å². The van der Waals surface area contributed by atoms with Crippen LogP contribution in [-0.2, 0) is 0 Å². The molecule has 18 heavy (non-hydrogen) atoms. The van der Waals surface area contributed by atoms with Gasteiger partial charge in [-0.1, -0.05) is 12.8 Å². The molecular formula is C11H19N5O2. The van der Waals surface area contributed by atoms with Gasteiger partial charge in [0.25, 0.3) is 5.56 Å². The van der Waals surface area contributed by atoms with Crippen molar-refractivity contribution in [1.82, 2.24) is 20.1 Å². The van der Waals surface area contributed by atoms with E-state index in [0.29, 0.717) is 6.54 Å². The Hall–Kier alpha value is -1.63. The Morgan fingerprint density at radius 1 is 1.33 bits per heavy atom. The van der Waals surface area contributed by atoms with Crippen molar-refractivity contribution in [3.8, 4) is 0 Å². The summed E-state index contributed by atoms with van der Waals surface area (Å²) in [5, 5.41) is 8.98. The van der Waals surface area contributed by atoms with E-state index in [2.05, 4.69) is 39.5 Å². The van der Waals surface area contributed by atoms with Crippen LogP contribution in [0.2, 0.25) is 0 Å². The van der Waals surface area contributed by atoms with Gasteiger partial charge in [0, 0.05) is 12.1 Å². The van der Waals surface area contributed by atoms with Crippen LogP contribution >= 0.6 is 0 Å². The number of H-pyrrole nitrogens is 2. The number of aromatic nitrogens is 3. The van der Waals surface area contributed by atoms with Crippen molar-refractivity contribution >= 4 is 5.82 Å². The number of hydrogen-bond donors (Lipinski definition) is 3. The van der Waals surface area contributed by atoms with Gasteiger partial charge in [-0.2, -0.15) is 0 Å². The molecule has 7 heteroatoms. The van der Waals surface area contributed by atoms with Gasteiger partial charge in [0.2, 0.25) is 5.82 Å². The normalized spacial score (nSPS) is 18.2. The Morgan fingerprint density at radius 3 is 2.56 bits per heavy atom. The smallest absolute Gasteiger partial charge is 0.342 e. The minimum Gasteiger partial charge on any atom is -0.362 e. The largest absolute Gasteiger partial charge is 0.362 e. The standard InChI is InChI=1S/C11H19N5O2/c1-16(2)11(5-3-4-6-11)7-12-8-9(17)13-10(18)15-14-8/h3-7H2,1-2H3,(H,12,14)(H2,13,15,17,18). The quantitative estimate of drug-likeness (QED) is 0.687. The molecule has 0 atom stereocenters. The highest BCUT2D eigenvalue weighted by atomic mass is 16.2. The number of aromatic amines is 2. The van der Waals surface area contributed by atoms with Crippen molar-refractivity contribution in [1.29, 1.82) is 0 Å². The van der Waals surface area contributed by atoms with E-state index in [1.807, 2.05) is 0 Å². The Kier molecular flexibility index (Phi) is 3.51.